The molecule has 1 aliphatic heterocycles. The Hall–Kier alpha value is -2.40. The number of rotatable bonds is 5. The van der Waals surface area contributed by atoms with E-state index in [1.807, 2.05) is 42.5 Å². The maximum absolute atomic E-state index is 12.2. The Kier molecular flexibility index (Phi) is 4.57. The molecular weight excluding hydrogens is 292 g/mol. The first-order valence-electron chi connectivity index (χ1n) is 7.83. The molecule has 23 heavy (non-hydrogen) atoms. The number of nitrogens with one attached hydrogen (secondary N) is 1. The Morgan fingerprint density at radius 3 is 2.74 bits per heavy atom. The van der Waals surface area contributed by atoms with Gasteiger partial charge in [-0.15, -0.1) is 0 Å². The Balaban J connectivity index is 1.78. The molecule has 0 saturated carbocycles. The van der Waals surface area contributed by atoms with Gasteiger partial charge in [0.1, 0.15) is 12.1 Å². The molecule has 0 bridgehead atoms. The van der Waals surface area contributed by atoms with Crippen LogP contribution in [0.4, 0.5) is 0 Å². The number of fused-ring (bicyclic) bond motifs is 1. The van der Waals surface area contributed by atoms with E-state index in [0.29, 0.717) is 19.4 Å². The number of benzene rings is 2. The zero-order chi connectivity index (χ0) is 16.2. The van der Waals surface area contributed by atoms with Gasteiger partial charge in [-0.1, -0.05) is 42.5 Å². The van der Waals surface area contributed by atoms with Crippen LogP contribution in [0.1, 0.15) is 18.4 Å². The van der Waals surface area contributed by atoms with E-state index in [-0.39, 0.29) is 5.91 Å². The van der Waals surface area contributed by atoms with E-state index in [9.17, 15) is 9.59 Å². The highest BCUT2D eigenvalue weighted by Crippen LogP contribution is 2.20. The smallest absolute Gasteiger partial charge is 0.249 e. The lowest BCUT2D eigenvalue weighted by atomic mass is 9.98. The lowest BCUT2D eigenvalue weighted by Gasteiger charge is -2.19. The number of hydrogen-bond acceptors (Lipinski definition) is 3. The zero-order valence-corrected chi connectivity index (χ0v) is 12.8. The minimum Gasteiger partial charge on any atom is -0.368 e. The summed E-state index contributed by atoms with van der Waals surface area (Å²) in [5.74, 6) is -0.796. The van der Waals surface area contributed by atoms with Gasteiger partial charge in [0.15, 0.2) is 0 Å². The molecule has 0 aromatic heterocycles. The Bertz CT molecular complexity index is 718. The lowest BCUT2D eigenvalue weighted by Crippen LogP contribution is -2.49. The van der Waals surface area contributed by atoms with Gasteiger partial charge in [-0.3, -0.25) is 9.59 Å². The summed E-state index contributed by atoms with van der Waals surface area (Å²) < 4.78 is 5.35. The van der Waals surface area contributed by atoms with Gasteiger partial charge in [0.05, 0.1) is 0 Å². The van der Waals surface area contributed by atoms with Crippen molar-refractivity contribution in [3.8, 4) is 0 Å². The standard InChI is InChI=1S/C18H20N2O3/c19-17(21)15(20-18(22)16-9-4-10-23-16)11-13-7-3-6-12-5-1-2-8-14(12)13/h1-3,5-8,15-16H,4,9-11H2,(H2,19,21)(H,20,22)/t15-,16+/m1/s1. The first kappa shape index (κ1) is 15.5. The molecule has 120 valence electrons. The van der Waals surface area contributed by atoms with Gasteiger partial charge < -0.3 is 15.8 Å². The molecule has 3 N–H and O–H groups in total. The molecule has 0 spiro atoms. The topological polar surface area (TPSA) is 81.4 Å². The molecule has 2 aromatic carbocycles. The van der Waals surface area contributed by atoms with E-state index in [4.69, 9.17) is 10.5 Å². The molecule has 0 radical (unpaired) electrons. The van der Waals surface area contributed by atoms with Crippen LogP contribution >= 0.6 is 0 Å². The molecule has 0 unspecified atom stereocenters. The minimum atomic E-state index is -0.738. The molecular formula is C18H20N2O3. The number of carbonyl (C=O) groups is 2. The second-order valence-corrected chi connectivity index (χ2v) is 5.81. The largest absolute Gasteiger partial charge is 0.368 e. The normalized spacial score (nSPS) is 18.7. The molecule has 5 heteroatoms. The molecule has 2 amide bonds. The second kappa shape index (κ2) is 6.79. The summed E-state index contributed by atoms with van der Waals surface area (Å²) in [6.45, 7) is 0.586. The summed E-state index contributed by atoms with van der Waals surface area (Å²) in [7, 11) is 0. The van der Waals surface area contributed by atoms with Crippen molar-refractivity contribution in [2.45, 2.75) is 31.4 Å². The van der Waals surface area contributed by atoms with Gasteiger partial charge in [-0.2, -0.15) is 0 Å². The second-order valence-electron chi connectivity index (χ2n) is 5.81. The van der Waals surface area contributed by atoms with Crippen molar-refractivity contribution in [2.24, 2.45) is 5.73 Å². The van der Waals surface area contributed by atoms with Crippen LogP contribution in [0.3, 0.4) is 0 Å². The highest BCUT2D eigenvalue weighted by molar-refractivity contribution is 5.90. The third-order valence-electron chi connectivity index (χ3n) is 4.19. The monoisotopic (exact) mass is 312 g/mol. The molecule has 5 nitrogen and oxygen atoms in total. The van der Waals surface area contributed by atoms with Crippen molar-refractivity contribution in [2.75, 3.05) is 6.61 Å². The highest BCUT2D eigenvalue weighted by Gasteiger charge is 2.27. The van der Waals surface area contributed by atoms with Crippen LogP contribution in [0.25, 0.3) is 10.8 Å². The molecule has 1 fully saturated rings. The maximum Gasteiger partial charge on any atom is 0.249 e. The molecule has 1 aliphatic rings. The lowest BCUT2D eigenvalue weighted by molar-refractivity contribution is -0.133. The van der Waals surface area contributed by atoms with Gasteiger partial charge in [0.25, 0.3) is 0 Å². The summed E-state index contributed by atoms with van der Waals surface area (Å²) >= 11 is 0. The first-order chi connectivity index (χ1) is 11.1. The van der Waals surface area contributed by atoms with Gasteiger partial charge in [0.2, 0.25) is 11.8 Å². The number of primary amides is 1. The van der Waals surface area contributed by atoms with Crippen LogP contribution in [0, 0.1) is 0 Å². The summed E-state index contributed by atoms with van der Waals surface area (Å²) in [6, 6.07) is 13.1. The van der Waals surface area contributed by atoms with Crippen molar-refractivity contribution in [3.05, 3.63) is 48.0 Å². The van der Waals surface area contributed by atoms with E-state index in [0.717, 1.165) is 22.8 Å². The first-order valence-corrected chi connectivity index (χ1v) is 7.83. The third kappa shape index (κ3) is 3.51. The fourth-order valence-electron chi connectivity index (χ4n) is 2.96. The van der Waals surface area contributed by atoms with Crippen LogP contribution in [0.15, 0.2) is 42.5 Å². The van der Waals surface area contributed by atoms with Crippen LogP contribution in [-0.4, -0.2) is 30.6 Å². The molecule has 1 saturated heterocycles. The SMILES string of the molecule is NC(=O)[C@@H](Cc1cccc2ccccc12)NC(=O)[C@@H]1CCCO1. The Morgan fingerprint density at radius 2 is 2.00 bits per heavy atom. The molecule has 2 atom stereocenters. The average molecular weight is 312 g/mol. The van der Waals surface area contributed by atoms with Gasteiger partial charge in [0, 0.05) is 13.0 Å². The summed E-state index contributed by atoms with van der Waals surface area (Å²) in [5, 5.41) is 4.89. The summed E-state index contributed by atoms with van der Waals surface area (Å²) in [4.78, 5) is 23.9. The zero-order valence-electron chi connectivity index (χ0n) is 12.8. The maximum atomic E-state index is 12.2. The van der Waals surface area contributed by atoms with E-state index in [1.54, 1.807) is 0 Å². The fraction of sp³-hybridized carbons (Fsp3) is 0.333. The van der Waals surface area contributed by atoms with Crippen LogP contribution < -0.4 is 11.1 Å². The van der Waals surface area contributed by atoms with Crippen LogP contribution in [-0.2, 0) is 20.7 Å². The predicted molar refractivity (Wildman–Crippen MR) is 87.8 cm³/mol. The quantitative estimate of drug-likeness (QED) is 0.878. The summed E-state index contributed by atoms with van der Waals surface area (Å²) in [6.07, 6.45) is 1.45. The number of carbonyl (C=O) groups excluding carboxylic acids is 2. The fourth-order valence-corrected chi connectivity index (χ4v) is 2.96. The Morgan fingerprint density at radius 1 is 1.22 bits per heavy atom. The van der Waals surface area contributed by atoms with E-state index >= 15 is 0 Å². The van der Waals surface area contributed by atoms with E-state index in [1.165, 1.54) is 0 Å². The van der Waals surface area contributed by atoms with Crippen molar-refractivity contribution in [1.82, 2.24) is 5.32 Å². The molecule has 1 heterocycles. The van der Waals surface area contributed by atoms with Gasteiger partial charge in [-0.05, 0) is 29.2 Å². The predicted octanol–water partition coefficient (Wildman–Crippen LogP) is 1.53. The van der Waals surface area contributed by atoms with Crippen molar-refractivity contribution >= 4 is 22.6 Å². The number of amides is 2. The molecule has 2 aromatic rings. The minimum absolute atomic E-state index is 0.258. The number of hydrogen-bond donors (Lipinski definition) is 2. The van der Waals surface area contributed by atoms with Crippen molar-refractivity contribution in [3.63, 3.8) is 0 Å². The van der Waals surface area contributed by atoms with Gasteiger partial charge >= 0.3 is 0 Å². The summed E-state index contributed by atoms with van der Waals surface area (Å²) in [5.41, 5.74) is 6.47. The Labute approximate surface area is 134 Å². The van der Waals surface area contributed by atoms with Crippen LogP contribution in [0.2, 0.25) is 0 Å². The third-order valence-corrected chi connectivity index (χ3v) is 4.19. The number of ether oxygens (including phenoxy) is 1. The average Bonchev–Trinajstić information content (AvgIpc) is 3.09. The van der Waals surface area contributed by atoms with Crippen LogP contribution in [0.5, 0.6) is 0 Å². The highest BCUT2D eigenvalue weighted by atomic mass is 16.5. The number of nitrogens with two attached hydrogens (primary N) is 1. The van der Waals surface area contributed by atoms with E-state index in [2.05, 4.69) is 5.32 Å². The molecule has 0 aliphatic carbocycles. The van der Waals surface area contributed by atoms with E-state index < -0.39 is 18.1 Å². The van der Waals surface area contributed by atoms with Gasteiger partial charge in [-0.25, -0.2) is 0 Å². The van der Waals surface area contributed by atoms with Crippen molar-refractivity contribution < 1.29 is 14.3 Å². The molecule has 3 rings (SSSR count). The van der Waals surface area contributed by atoms with Crippen molar-refractivity contribution in [1.29, 1.82) is 0 Å².